The summed E-state index contributed by atoms with van der Waals surface area (Å²) >= 11 is 0. The lowest BCUT2D eigenvalue weighted by atomic mass is 10.1. The molecular formula is C24H31N3O9P2. The number of amides is 1. The zero-order valence-corrected chi connectivity index (χ0v) is 23.4. The van der Waals surface area contributed by atoms with E-state index in [1.165, 1.54) is 0 Å². The summed E-state index contributed by atoms with van der Waals surface area (Å²) in [4.78, 5) is 12.4. The van der Waals surface area contributed by atoms with Crippen LogP contribution in [0.25, 0.3) is 0 Å². The molecule has 0 atom stereocenters. The first-order valence-electron chi connectivity index (χ1n) is 12.0. The molecule has 0 spiro atoms. The van der Waals surface area contributed by atoms with Gasteiger partial charge in [0.2, 0.25) is 0 Å². The van der Waals surface area contributed by atoms with Gasteiger partial charge in [0, 0.05) is 5.56 Å². The van der Waals surface area contributed by atoms with Crippen LogP contribution in [-0.4, -0.2) is 50.6 Å². The summed E-state index contributed by atoms with van der Waals surface area (Å²) in [6.45, 7) is 6.57. The van der Waals surface area contributed by atoms with Gasteiger partial charge in [-0.1, -0.05) is 30.3 Å². The number of phosphoric acid groups is 1. The van der Waals surface area contributed by atoms with Crippen molar-refractivity contribution in [1.29, 1.82) is 0 Å². The molecule has 1 amide bonds. The topological polar surface area (TPSA) is 143 Å². The number of benzene rings is 2. The van der Waals surface area contributed by atoms with E-state index in [2.05, 4.69) is 15.5 Å². The molecule has 0 bridgehead atoms. The van der Waals surface area contributed by atoms with Gasteiger partial charge in [-0.3, -0.25) is 18.4 Å². The van der Waals surface area contributed by atoms with Crippen LogP contribution >= 0.6 is 15.4 Å². The lowest BCUT2D eigenvalue weighted by Crippen LogP contribution is -2.20. The molecule has 1 heterocycles. The number of carbonyl (C=O) groups excluding carboxylic acids is 1. The summed E-state index contributed by atoms with van der Waals surface area (Å²) < 4.78 is 59.2. The predicted octanol–water partition coefficient (Wildman–Crippen LogP) is 4.91. The quantitative estimate of drug-likeness (QED) is 0.146. The summed E-state index contributed by atoms with van der Waals surface area (Å²) in [6.07, 6.45) is 0. The van der Waals surface area contributed by atoms with Crippen LogP contribution < -0.4 is 15.4 Å². The lowest BCUT2D eigenvalue weighted by Gasteiger charge is -2.21. The second kappa shape index (κ2) is 13.8. The van der Waals surface area contributed by atoms with E-state index in [9.17, 15) is 13.9 Å². The first-order valence-corrected chi connectivity index (χ1v) is 15.0. The van der Waals surface area contributed by atoms with Crippen LogP contribution in [0.15, 0.2) is 58.7 Å². The molecule has 2 aromatic carbocycles. The predicted molar refractivity (Wildman–Crippen MR) is 143 cm³/mol. The Labute approximate surface area is 221 Å². The van der Waals surface area contributed by atoms with Crippen LogP contribution in [0.5, 0.6) is 5.75 Å². The fourth-order valence-corrected chi connectivity index (χ4v) is 6.25. The van der Waals surface area contributed by atoms with Gasteiger partial charge in [-0.2, -0.15) is 0 Å². The monoisotopic (exact) mass is 567 g/mol. The van der Waals surface area contributed by atoms with Crippen molar-refractivity contribution in [1.82, 2.24) is 0 Å². The van der Waals surface area contributed by atoms with Crippen LogP contribution in [0.1, 0.15) is 33.3 Å². The van der Waals surface area contributed by atoms with Gasteiger partial charge in [-0.15, -0.1) is 10.2 Å². The molecule has 0 saturated heterocycles. The van der Waals surface area contributed by atoms with E-state index >= 15 is 0 Å². The number of para-hydroxylation sites is 2. The molecule has 1 aliphatic heterocycles. The molecule has 2 aromatic rings. The Bertz CT molecular complexity index is 1260. The third-order valence-corrected chi connectivity index (χ3v) is 8.55. The molecule has 3 rings (SSSR count). The molecule has 206 valence electrons. The van der Waals surface area contributed by atoms with E-state index in [4.69, 9.17) is 27.4 Å². The maximum Gasteiger partial charge on any atom is 0.531 e. The first kappa shape index (κ1) is 29.7. The van der Waals surface area contributed by atoms with E-state index in [1.807, 2.05) is 0 Å². The van der Waals surface area contributed by atoms with Crippen molar-refractivity contribution < 1.29 is 41.3 Å². The molecule has 1 aliphatic rings. The Kier molecular flexibility index (Phi) is 10.8. The summed E-state index contributed by atoms with van der Waals surface area (Å²) in [5.74, 6) is -0.613. The number of rotatable bonds is 14. The van der Waals surface area contributed by atoms with Crippen molar-refractivity contribution >= 4 is 43.9 Å². The molecule has 1 N–H and O–H groups in total. The molecule has 0 aromatic heterocycles. The third kappa shape index (κ3) is 7.38. The van der Waals surface area contributed by atoms with Crippen molar-refractivity contribution in [2.75, 3.05) is 38.4 Å². The largest absolute Gasteiger partial charge is 0.531 e. The van der Waals surface area contributed by atoms with E-state index in [0.29, 0.717) is 11.3 Å². The summed E-state index contributed by atoms with van der Waals surface area (Å²) in [5.41, 5.74) is 1.15. The van der Waals surface area contributed by atoms with Gasteiger partial charge in [0.1, 0.15) is 11.1 Å². The van der Waals surface area contributed by atoms with Gasteiger partial charge < -0.3 is 23.6 Å². The van der Waals surface area contributed by atoms with Crippen LogP contribution in [-0.2, 0) is 36.5 Å². The standard InChI is InChI=1S/C24H31N3O9P2/c1-5-32-37(29,33-6-2)21-16-12-11-15-20(21)31-17-22(36-38(30,34-7-3)35-8-4)26-27-23-18-13-9-10-14-19(18)25-24(23)28/h9-16H,5-8,17H2,1-4H3,(H,25,27,28)/b26-22-. The Morgan fingerprint density at radius 1 is 0.842 bits per heavy atom. The van der Waals surface area contributed by atoms with Crippen LogP contribution in [0.3, 0.4) is 0 Å². The Morgan fingerprint density at radius 2 is 1.45 bits per heavy atom. The second-order valence-electron chi connectivity index (χ2n) is 7.41. The van der Waals surface area contributed by atoms with Gasteiger partial charge >= 0.3 is 15.4 Å². The Hall–Kier alpha value is -2.85. The average molecular weight is 567 g/mol. The van der Waals surface area contributed by atoms with E-state index < -0.39 is 27.9 Å². The van der Waals surface area contributed by atoms with E-state index in [1.54, 1.807) is 76.2 Å². The van der Waals surface area contributed by atoms with Crippen molar-refractivity contribution in [2.45, 2.75) is 27.7 Å². The fraction of sp³-hybridized carbons (Fsp3) is 0.375. The first-order chi connectivity index (χ1) is 18.3. The fourth-order valence-electron chi connectivity index (χ4n) is 3.38. The van der Waals surface area contributed by atoms with Crippen LogP contribution in [0.4, 0.5) is 5.69 Å². The highest BCUT2D eigenvalue weighted by molar-refractivity contribution is 7.62. The highest BCUT2D eigenvalue weighted by Crippen LogP contribution is 2.50. The van der Waals surface area contributed by atoms with Crippen molar-refractivity contribution in [3.8, 4) is 5.75 Å². The molecule has 12 nitrogen and oxygen atoms in total. The third-order valence-electron chi connectivity index (χ3n) is 4.81. The summed E-state index contributed by atoms with van der Waals surface area (Å²) in [6, 6.07) is 13.4. The zero-order valence-electron chi connectivity index (χ0n) is 21.6. The minimum absolute atomic E-state index is 0.0296. The molecule has 14 heteroatoms. The highest BCUT2D eigenvalue weighted by Gasteiger charge is 2.33. The van der Waals surface area contributed by atoms with Crippen molar-refractivity contribution in [3.63, 3.8) is 0 Å². The number of hydrogen-bond acceptors (Lipinski definition) is 11. The Balaban J connectivity index is 1.97. The number of nitrogens with zero attached hydrogens (tertiary/aromatic N) is 2. The van der Waals surface area contributed by atoms with Gasteiger partial charge in [0.25, 0.3) is 11.8 Å². The number of carbonyl (C=O) groups is 1. The maximum atomic E-state index is 13.4. The minimum atomic E-state index is -4.09. The minimum Gasteiger partial charge on any atom is -0.483 e. The molecule has 0 saturated carbocycles. The maximum absolute atomic E-state index is 13.4. The molecule has 0 fully saturated rings. The van der Waals surface area contributed by atoms with Crippen LogP contribution in [0, 0.1) is 0 Å². The van der Waals surface area contributed by atoms with E-state index in [-0.39, 0.29) is 49.1 Å². The Morgan fingerprint density at radius 3 is 2.11 bits per heavy atom. The number of hydrogen-bond donors (Lipinski definition) is 1. The van der Waals surface area contributed by atoms with Crippen LogP contribution in [0.2, 0.25) is 0 Å². The number of phosphoric ester groups is 1. The molecule has 0 radical (unpaired) electrons. The SMILES string of the molecule is CCOP(=O)(OCC)O/C(COc1ccccc1P(=O)(OCC)OCC)=N\N=C1/C(=O)Nc2ccccc21. The average Bonchev–Trinajstić information content (AvgIpc) is 3.21. The van der Waals surface area contributed by atoms with Gasteiger partial charge in [-0.25, -0.2) is 4.57 Å². The highest BCUT2D eigenvalue weighted by atomic mass is 31.2. The molecule has 38 heavy (non-hydrogen) atoms. The van der Waals surface area contributed by atoms with E-state index in [0.717, 1.165) is 0 Å². The molecule has 0 unspecified atom stereocenters. The number of nitrogens with one attached hydrogen (secondary N) is 1. The normalized spacial score (nSPS) is 14.9. The lowest BCUT2D eigenvalue weighted by molar-refractivity contribution is -0.110. The van der Waals surface area contributed by atoms with Gasteiger partial charge in [-0.05, 0) is 45.9 Å². The summed E-state index contributed by atoms with van der Waals surface area (Å²) in [7, 11) is -7.79. The summed E-state index contributed by atoms with van der Waals surface area (Å²) in [5, 5.41) is 10.9. The van der Waals surface area contributed by atoms with Crippen molar-refractivity contribution in [3.05, 3.63) is 54.1 Å². The van der Waals surface area contributed by atoms with Gasteiger partial charge in [0.05, 0.1) is 32.1 Å². The van der Waals surface area contributed by atoms with Crippen molar-refractivity contribution in [2.24, 2.45) is 10.2 Å². The smallest absolute Gasteiger partial charge is 0.483 e. The zero-order chi connectivity index (χ0) is 27.6. The number of anilines is 1. The molecular weight excluding hydrogens is 536 g/mol. The number of fused-ring (bicyclic) bond motifs is 1. The molecule has 0 aliphatic carbocycles. The second-order valence-corrected chi connectivity index (χ2v) is 11.0. The van der Waals surface area contributed by atoms with Gasteiger partial charge in [0.15, 0.2) is 12.3 Å². The number of ether oxygens (including phenoxy) is 1.